The first-order valence-corrected chi connectivity index (χ1v) is 11.5. The fraction of sp³-hybridized carbons (Fsp3) is 0.217. The smallest absolute Gasteiger partial charge is 0.233 e. The summed E-state index contributed by atoms with van der Waals surface area (Å²) < 4.78 is 1.14. The average molecular weight is 435 g/mol. The van der Waals surface area contributed by atoms with Crippen LogP contribution in [0.3, 0.4) is 0 Å². The fourth-order valence-corrected chi connectivity index (χ4v) is 4.93. The van der Waals surface area contributed by atoms with Crippen LogP contribution in [0.1, 0.15) is 23.7 Å². The zero-order valence-electron chi connectivity index (χ0n) is 17.1. The van der Waals surface area contributed by atoms with Crippen molar-refractivity contribution >= 4 is 39.2 Å². The fourth-order valence-electron chi connectivity index (χ4n) is 3.04. The van der Waals surface area contributed by atoms with Crippen molar-refractivity contribution in [1.82, 2.24) is 19.9 Å². The number of para-hydroxylation sites is 1. The topological polar surface area (TPSA) is 59.0 Å². The molecular formula is C23H22N4OS2. The van der Waals surface area contributed by atoms with Gasteiger partial charge in [0.2, 0.25) is 5.91 Å². The van der Waals surface area contributed by atoms with E-state index in [-0.39, 0.29) is 17.7 Å². The first-order chi connectivity index (χ1) is 14.5. The van der Waals surface area contributed by atoms with Crippen molar-refractivity contribution in [1.29, 1.82) is 0 Å². The molecule has 0 saturated heterocycles. The van der Waals surface area contributed by atoms with E-state index >= 15 is 0 Å². The van der Waals surface area contributed by atoms with E-state index in [0.29, 0.717) is 5.16 Å². The Bertz CT molecular complexity index is 1140. The van der Waals surface area contributed by atoms with Gasteiger partial charge in [-0.3, -0.25) is 4.79 Å². The lowest BCUT2D eigenvalue weighted by Gasteiger charge is -2.23. The van der Waals surface area contributed by atoms with Crippen molar-refractivity contribution in [3.05, 3.63) is 71.4 Å². The third-order valence-electron chi connectivity index (χ3n) is 4.87. The standard InChI is InChI=1S/C23H22N4OS2/c1-15-13-19(17-9-5-4-6-10-17)26-23(24-15)29-14-21(28)27(3)16(2)22-25-18-11-7-8-12-20(18)30-22/h4-13,16H,14H2,1-3H3/t16-/m1/s1. The summed E-state index contributed by atoms with van der Waals surface area (Å²) in [5, 5.41) is 1.55. The number of aromatic nitrogens is 3. The summed E-state index contributed by atoms with van der Waals surface area (Å²) in [6, 6.07) is 19.9. The molecule has 0 spiro atoms. The Kier molecular flexibility index (Phi) is 6.11. The number of nitrogens with zero attached hydrogens (tertiary/aromatic N) is 4. The van der Waals surface area contributed by atoms with Gasteiger partial charge in [0.05, 0.1) is 27.7 Å². The quantitative estimate of drug-likeness (QED) is 0.301. The molecule has 0 aliphatic heterocycles. The third-order valence-corrected chi connectivity index (χ3v) is 6.91. The molecule has 7 heteroatoms. The van der Waals surface area contributed by atoms with E-state index in [1.165, 1.54) is 11.8 Å². The summed E-state index contributed by atoms with van der Waals surface area (Å²) >= 11 is 3.00. The summed E-state index contributed by atoms with van der Waals surface area (Å²) in [6.45, 7) is 3.96. The maximum absolute atomic E-state index is 12.8. The second-order valence-electron chi connectivity index (χ2n) is 7.03. The van der Waals surface area contributed by atoms with Crippen LogP contribution in [0.5, 0.6) is 0 Å². The van der Waals surface area contributed by atoms with Crippen LogP contribution in [0.25, 0.3) is 21.5 Å². The van der Waals surface area contributed by atoms with E-state index in [4.69, 9.17) is 0 Å². The minimum absolute atomic E-state index is 0.0260. The Morgan fingerprint density at radius 3 is 2.57 bits per heavy atom. The van der Waals surface area contributed by atoms with E-state index in [1.807, 2.05) is 75.5 Å². The predicted molar refractivity (Wildman–Crippen MR) is 124 cm³/mol. The highest BCUT2D eigenvalue weighted by atomic mass is 32.2. The van der Waals surface area contributed by atoms with Crippen LogP contribution in [-0.2, 0) is 4.79 Å². The Morgan fingerprint density at radius 1 is 1.07 bits per heavy atom. The minimum atomic E-state index is -0.0891. The molecule has 30 heavy (non-hydrogen) atoms. The molecule has 0 unspecified atom stereocenters. The number of carbonyl (C=O) groups excluding carboxylic acids is 1. The highest BCUT2D eigenvalue weighted by molar-refractivity contribution is 7.99. The van der Waals surface area contributed by atoms with Crippen molar-refractivity contribution in [2.75, 3.05) is 12.8 Å². The van der Waals surface area contributed by atoms with E-state index < -0.39 is 0 Å². The van der Waals surface area contributed by atoms with Gasteiger partial charge >= 0.3 is 0 Å². The lowest BCUT2D eigenvalue weighted by molar-refractivity contribution is -0.128. The lowest BCUT2D eigenvalue weighted by atomic mass is 10.1. The summed E-state index contributed by atoms with van der Waals surface area (Å²) in [5.74, 6) is 0.307. The summed E-state index contributed by atoms with van der Waals surface area (Å²) in [5.41, 5.74) is 3.77. The van der Waals surface area contributed by atoms with Crippen LogP contribution in [0.2, 0.25) is 0 Å². The Hall–Kier alpha value is -2.77. The van der Waals surface area contributed by atoms with Crippen LogP contribution in [0, 0.1) is 6.92 Å². The maximum atomic E-state index is 12.8. The van der Waals surface area contributed by atoms with Crippen molar-refractivity contribution < 1.29 is 4.79 Å². The number of thiazole rings is 1. The summed E-state index contributed by atoms with van der Waals surface area (Å²) in [6.07, 6.45) is 0. The maximum Gasteiger partial charge on any atom is 0.233 e. The minimum Gasteiger partial charge on any atom is -0.336 e. The van der Waals surface area contributed by atoms with Gasteiger partial charge in [-0.1, -0.05) is 54.2 Å². The number of hydrogen-bond donors (Lipinski definition) is 0. The van der Waals surface area contributed by atoms with E-state index in [9.17, 15) is 4.79 Å². The number of fused-ring (bicyclic) bond motifs is 1. The molecule has 0 fully saturated rings. The number of aryl methyl sites for hydroxylation is 1. The van der Waals surface area contributed by atoms with Crippen LogP contribution < -0.4 is 0 Å². The van der Waals surface area contributed by atoms with Crippen LogP contribution >= 0.6 is 23.1 Å². The van der Waals surface area contributed by atoms with Gasteiger partial charge in [0.15, 0.2) is 5.16 Å². The largest absolute Gasteiger partial charge is 0.336 e. The summed E-state index contributed by atoms with van der Waals surface area (Å²) in [7, 11) is 1.83. The van der Waals surface area contributed by atoms with E-state index in [1.54, 1.807) is 16.2 Å². The van der Waals surface area contributed by atoms with Gasteiger partial charge in [-0.2, -0.15) is 0 Å². The second-order valence-corrected chi connectivity index (χ2v) is 9.04. The van der Waals surface area contributed by atoms with Crippen molar-refractivity contribution in [2.45, 2.75) is 25.0 Å². The number of thioether (sulfide) groups is 1. The molecule has 0 aliphatic carbocycles. The molecule has 4 aromatic rings. The molecule has 152 valence electrons. The number of carbonyl (C=O) groups is 1. The zero-order chi connectivity index (χ0) is 21.1. The molecule has 1 amide bonds. The van der Waals surface area contributed by atoms with E-state index in [0.717, 1.165) is 32.2 Å². The number of amides is 1. The second kappa shape index (κ2) is 8.93. The van der Waals surface area contributed by atoms with Gasteiger partial charge in [-0.15, -0.1) is 11.3 Å². The molecule has 0 saturated carbocycles. The molecule has 0 aliphatic rings. The average Bonchev–Trinajstić information content (AvgIpc) is 3.21. The molecular weight excluding hydrogens is 412 g/mol. The first-order valence-electron chi connectivity index (χ1n) is 9.66. The number of hydrogen-bond acceptors (Lipinski definition) is 6. The first kappa shape index (κ1) is 20.5. The molecule has 4 rings (SSSR count). The van der Waals surface area contributed by atoms with Gasteiger partial charge < -0.3 is 4.90 Å². The van der Waals surface area contributed by atoms with Crippen LogP contribution in [0.4, 0.5) is 0 Å². The van der Waals surface area contributed by atoms with Gasteiger partial charge in [-0.25, -0.2) is 15.0 Å². The molecule has 1 atom stereocenters. The predicted octanol–water partition coefficient (Wildman–Crippen LogP) is 5.37. The van der Waals surface area contributed by atoms with Gasteiger partial charge in [0, 0.05) is 18.3 Å². The SMILES string of the molecule is Cc1cc(-c2ccccc2)nc(SCC(=O)N(C)[C@H](C)c2nc3ccccc3s2)n1. The molecule has 0 radical (unpaired) electrons. The van der Waals surface area contributed by atoms with Crippen LogP contribution in [-0.4, -0.2) is 38.6 Å². The highest BCUT2D eigenvalue weighted by Crippen LogP contribution is 2.29. The van der Waals surface area contributed by atoms with Crippen molar-refractivity contribution in [3.63, 3.8) is 0 Å². The molecule has 0 bridgehead atoms. The van der Waals surface area contributed by atoms with Gasteiger partial charge in [0.25, 0.3) is 0 Å². The van der Waals surface area contributed by atoms with Crippen molar-refractivity contribution in [3.8, 4) is 11.3 Å². The highest BCUT2D eigenvalue weighted by Gasteiger charge is 2.21. The Morgan fingerprint density at radius 2 is 1.80 bits per heavy atom. The van der Waals surface area contributed by atoms with E-state index in [2.05, 4.69) is 21.0 Å². The lowest BCUT2D eigenvalue weighted by Crippen LogP contribution is -2.31. The molecule has 2 heterocycles. The number of benzene rings is 2. The molecule has 2 aromatic heterocycles. The number of rotatable bonds is 6. The van der Waals surface area contributed by atoms with Crippen LogP contribution in [0.15, 0.2) is 65.8 Å². The normalized spacial score (nSPS) is 12.1. The third kappa shape index (κ3) is 4.52. The molecule has 2 aromatic carbocycles. The Balaban J connectivity index is 1.44. The summed E-state index contributed by atoms with van der Waals surface area (Å²) in [4.78, 5) is 28.4. The molecule has 0 N–H and O–H groups in total. The van der Waals surface area contributed by atoms with Gasteiger partial charge in [-0.05, 0) is 32.0 Å². The van der Waals surface area contributed by atoms with Gasteiger partial charge in [0.1, 0.15) is 5.01 Å². The van der Waals surface area contributed by atoms with Crippen molar-refractivity contribution in [2.24, 2.45) is 0 Å². The monoisotopic (exact) mass is 434 g/mol. The zero-order valence-corrected chi connectivity index (χ0v) is 18.7. The Labute approximate surface area is 184 Å². The molecule has 5 nitrogen and oxygen atoms in total.